The average Bonchev–Trinajstić information content (AvgIpc) is 2.76. The van der Waals surface area contributed by atoms with Crippen molar-refractivity contribution in [3.8, 4) is 6.07 Å². The highest BCUT2D eigenvalue weighted by Crippen LogP contribution is 2.22. The van der Waals surface area contributed by atoms with E-state index in [-0.39, 0.29) is 41.1 Å². The third kappa shape index (κ3) is 5.14. The Bertz CT molecular complexity index is 1050. The fourth-order valence-corrected chi connectivity index (χ4v) is 4.44. The summed E-state index contributed by atoms with van der Waals surface area (Å²) >= 11 is 0. The number of nitrogens with one attached hydrogen (secondary N) is 1. The molecular weight excluding hydrogens is 409 g/mol. The molecule has 0 saturated carbocycles. The van der Waals surface area contributed by atoms with Gasteiger partial charge >= 0.3 is 0 Å². The van der Waals surface area contributed by atoms with E-state index in [1.165, 1.54) is 42.5 Å². The van der Waals surface area contributed by atoms with E-state index in [1.54, 1.807) is 4.90 Å². The van der Waals surface area contributed by atoms with E-state index in [1.807, 2.05) is 6.07 Å². The monoisotopic (exact) mass is 431 g/mol. The summed E-state index contributed by atoms with van der Waals surface area (Å²) in [4.78, 5) is 14.6. The Morgan fingerprint density at radius 2 is 1.93 bits per heavy atom. The molecule has 7 nitrogen and oxygen atoms in total. The summed E-state index contributed by atoms with van der Waals surface area (Å²) in [6.45, 7) is 1.31. The van der Waals surface area contributed by atoms with Gasteiger partial charge in [0.2, 0.25) is 0 Å². The van der Waals surface area contributed by atoms with Crippen LogP contribution in [0.15, 0.2) is 53.4 Å². The molecule has 1 amide bonds. The van der Waals surface area contributed by atoms with Gasteiger partial charge in [-0.2, -0.15) is 5.26 Å². The Labute approximate surface area is 175 Å². The summed E-state index contributed by atoms with van der Waals surface area (Å²) in [5.41, 5.74) is 0.0166. The van der Waals surface area contributed by atoms with Crippen molar-refractivity contribution in [2.24, 2.45) is 0 Å². The van der Waals surface area contributed by atoms with Gasteiger partial charge < -0.3 is 9.64 Å². The largest absolute Gasteiger partial charge is 0.381 e. The number of rotatable bonds is 7. The van der Waals surface area contributed by atoms with Crippen molar-refractivity contribution in [2.45, 2.75) is 30.2 Å². The average molecular weight is 431 g/mol. The minimum absolute atomic E-state index is 0.0728. The summed E-state index contributed by atoms with van der Waals surface area (Å²) in [5, 5.41) is 8.95. The Hall–Kier alpha value is -2.96. The zero-order valence-electron chi connectivity index (χ0n) is 16.3. The highest BCUT2D eigenvalue weighted by Gasteiger charge is 2.27. The summed E-state index contributed by atoms with van der Waals surface area (Å²) in [6, 6.07) is 13.0. The minimum atomic E-state index is -4.09. The molecule has 1 saturated heterocycles. The number of nitrogens with zero attached hydrogens (tertiary/aromatic N) is 2. The number of anilines is 1. The number of sulfonamides is 1. The normalized spacial score (nSPS) is 14.7. The van der Waals surface area contributed by atoms with Gasteiger partial charge in [-0.25, -0.2) is 12.8 Å². The zero-order chi connectivity index (χ0) is 21.6. The third-order valence-corrected chi connectivity index (χ3v) is 6.23. The number of benzene rings is 2. The summed E-state index contributed by atoms with van der Waals surface area (Å²) in [5.74, 6) is -1.05. The van der Waals surface area contributed by atoms with Crippen LogP contribution in [0.4, 0.5) is 10.1 Å². The van der Waals surface area contributed by atoms with E-state index in [0.717, 1.165) is 6.07 Å². The first-order valence-corrected chi connectivity index (χ1v) is 11.0. The van der Waals surface area contributed by atoms with Crippen molar-refractivity contribution in [3.05, 3.63) is 59.9 Å². The van der Waals surface area contributed by atoms with Gasteiger partial charge in [0, 0.05) is 31.4 Å². The van der Waals surface area contributed by atoms with Crippen LogP contribution in [0.2, 0.25) is 0 Å². The SMILES string of the molecule is N#CCCN(C(=O)c1cccc(S(=O)(=O)Nc2ccccc2F)c1)C1CCOCC1. The van der Waals surface area contributed by atoms with Crippen LogP contribution in [0.1, 0.15) is 29.6 Å². The molecule has 0 bridgehead atoms. The second kappa shape index (κ2) is 9.69. The molecule has 0 radical (unpaired) electrons. The number of carbonyl (C=O) groups is 1. The molecule has 2 aromatic rings. The smallest absolute Gasteiger partial charge is 0.262 e. The number of ether oxygens (including phenoxy) is 1. The van der Waals surface area contributed by atoms with E-state index in [2.05, 4.69) is 4.72 Å². The molecule has 2 aromatic carbocycles. The summed E-state index contributed by atoms with van der Waals surface area (Å²) in [7, 11) is -4.09. The van der Waals surface area contributed by atoms with Crippen LogP contribution in [0.5, 0.6) is 0 Å². The van der Waals surface area contributed by atoms with Crippen LogP contribution < -0.4 is 4.72 Å². The van der Waals surface area contributed by atoms with Gasteiger partial charge in [-0.15, -0.1) is 0 Å². The first kappa shape index (κ1) is 21.7. The van der Waals surface area contributed by atoms with Crippen molar-refractivity contribution in [1.82, 2.24) is 4.90 Å². The van der Waals surface area contributed by atoms with E-state index in [9.17, 15) is 17.6 Å². The number of halogens is 1. The maximum atomic E-state index is 13.8. The van der Waals surface area contributed by atoms with Crippen molar-refractivity contribution < 1.29 is 22.3 Å². The van der Waals surface area contributed by atoms with Crippen LogP contribution in [0.25, 0.3) is 0 Å². The Balaban J connectivity index is 1.86. The van der Waals surface area contributed by atoms with Gasteiger partial charge in [-0.3, -0.25) is 9.52 Å². The lowest BCUT2D eigenvalue weighted by Crippen LogP contribution is -2.44. The minimum Gasteiger partial charge on any atom is -0.381 e. The Kier molecular flexibility index (Phi) is 7.03. The molecule has 30 heavy (non-hydrogen) atoms. The number of amides is 1. The van der Waals surface area contributed by atoms with Crippen LogP contribution in [0.3, 0.4) is 0 Å². The predicted molar refractivity (Wildman–Crippen MR) is 109 cm³/mol. The molecule has 0 aromatic heterocycles. The molecule has 0 aliphatic carbocycles. The van der Waals surface area contributed by atoms with Gasteiger partial charge in [0.05, 0.1) is 23.1 Å². The second-order valence-electron chi connectivity index (χ2n) is 6.86. The van der Waals surface area contributed by atoms with Gasteiger partial charge in [0.15, 0.2) is 0 Å². The molecule has 1 aliphatic heterocycles. The van der Waals surface area contributed by atoms with Crippen molar-refractivity contribution in [1.29, 1.82) is 5.26 Å². The molecule has 9 heteroatoms. The Morgan fingerprint density at radius 3 is 2.63 bits per heavy atom. The van der Waals surface area contributed by atoms with Crippen molar-refractivity contribution in [2.75, 3.05) is 24.5 Å². The number of carbonyl (C=O) groups excluding carboxylic acids is 1. The first-order valence-electron chi connectivity index (χ1n) is 9.55. The molecule has 3 rings (SSSR count). The van der Waals surface area contributed by atoms with Gasteiger partial charge in [0.25, 0.3) is 15.9 Å². The maximum Gasteiger partial charge on any atom is 0.262 e. The molecule has 0 spiro atoms. The van der Waals surface area contributed by atoms with E-state index in [0.29, 0.717) is 26.1 Å². The van der Waals surface area contributed by atoms with E-state index in [4.69, 9.17) is 10.00 Å². The molecule has 158 valence electrons. The maximum absolute atomic E-state index is 13.8. The van der Waals surface area contributed by atoms with Crippen LogP contribution >= 0.6 is 0 Å². The van der Waals surface area contributed by atoms with Gasteiger partial charge in [0.1, 0.15) is 5.82 Å². The predicted octanol–water partition coefficient (Wildman–Crippen LogP) is 3.16. The molecular formula is C21H22FN3O4S. The van der Waals surface area contributed by atoms with Crippen LogP contribution in [-0.2, 0) is 14.8 Å². The molecule has 0 atom stereocenters. The van der Waals surface area contributed by atoms with E-state index < -0.39 is 15.8 Å². The Morgan fingerprint density at radius 1 is 1.20 bits per heavy atom. The standard InChI is InChI=1S/C21H22FN3O4S/c22-19-7-1-2-8-20(19)24-30(27,28)18-6-3-5-16(15-18)21(26)25(12-4-11-23)17-9-13-29-14-10-17/h1-3,5-8,15,17,24H,4,9-10,12-14H2. The lowest BCUT2D eigenvalue weighted by Gasteiger charge is -2.34. The number of hydrogen-bond acceptors (Lipinski definition) is 5. The summed E-state index contributed by atoms with van der Waals surface area (Å²) in [6.07, 6.45) is 1.49. The van der Waals surface area contributed by atoms with E-state index >= 15 is 0 Å². The molecule has 1 N–H and O–H groups in total. The van der Waals surface area contributed by atoms with Crippen LogP contribution in [0, 0.1) is 17.1 Å². The number of hydrogen-bond donors (Lipinski definition) is 1. The summed E-state index contributed by atoms with van der Waals surface area (Å²) < 4.78 is 46.8. The second-order valence-corrected chi connectivity index (χ2v) is 8.55. The molecule has 1 heterocycles. The van der Waals surface area contributed by atoms with Gasteiger partial charge in [-0.05, 0) is 43.2 Å². The molecule has 0 unspecified atom stereocenters. The number of nitriles is 1. The fraction of sp³-hybridized carbons (Fsp3) is 0.333. The van der Waals surface area contributed by atoms with Gasteiger partial charge in [-0.1, -0.05) is 18.2 Å². The first-order chi connectivity index (χ1) is 14.4. The van der Waals surface area contributed by atoms with Crippen LogP contribution in [-0.4, -0.2) is 45.0 Å². The van der Waals surface area contributed by atoms with Crippen molar-refractivity contribution >= 4 is 21.6 Å². The number of para-hydroxylation sites is 1. The zero-order valence-corrected chi connectivity index (χ0v) is 17.1. The molecule has 1 fully saturated rings. The highest BCUT2D eigenvalue weighted by atomic mass is 32.2. The quantitative estimate of drug-likeness (QED) is 0.726. The molecule has 1 aliphatic rings. The highest BCUT2D eigenvalue weighted by molar-refractivity contribution is 7.92. The lowest BCUT2D eigenvalue weighted by molar-refractivity contribution is 0.0296. The van der Waals surface area contributed by atoms with Crippen molar-refractivity contribution in [3.63, 3.8) is 0 Å². The third-order valence-electron chi connectivity index (χ3n) is 4.87. The topological polar surface area (TPSA) is 99.5 Å². The lowest BCUT2D eigenvalue weighted by atomic mass is 10.0. The fourth-order valence-electron chi connectivity index (χ4n) is 3.33.